The van der Waals surface area contributed by atoms with E-state index in [9.17, 15) is 0 Å². The third-order valence-electron chi connectivity index (χ3n) is 4.73. The number of likely N-dealkylation sites (tertiary alicyclic amines) is 1. The van der Waals surface area contributed by atoms with Crippen LogP contribution >= 0.6 is 0 Å². The molecule has 2 aromatic carbocycles. The smallest absolute Gasteiger partial charge is 0.0604 e. The maximum absolute atomic E-state index is 2.69. The highest BCUT2D eigenvalue weighted by atomic mass is 15.2. The quantitative estimate of drug-likeness (QED) is 0.772. The van der Waals surface area contributed by atoms with Crippen molar-refractivity contribution in [3.8, 4) is 0 Å². The van der Waals surface area contributed by atoms with Crippen molar-refractivity contribution in [2.45, 2.75) is 38.8 Å². The Kier molecular flexibility index (Phi) is 4.40. The Morgan fingerprint density at radius 1 is 0.810 bits per heavy atom. The van der Waals surface area contributed by atoms with Crippen LogP contribution in [0.4, 0.5) is 0 Å². The molecule has 0 aliphatic carbocycles. The van der Waals surface area contributed by atoms with Gasteiger partial charge in [0.15, 0.2) is 0 Å². The molecular weight excluding hydrogens is 254 g/mol. The van der Waals surface area contributed by atoms with E-state index < -0.39 is 0 Å². The van der Waals surface area contributed by atoms with Crippen molar-refractivity contribution in [1.82, 2.24) is 4.90 Å². The largest absolute Gasteiger partial charge is 0.289 e. The van der Waals surface area contributed by atoms with E-state index in [1.807, 2.05) is 0 Å². The lowest BCUT2D eigenvalue weighted by atomic mass is 9.89. The van der Waals surface area contributed by atoms with Gasteiger partial charge in [-0.15, -0.1) is 0 Å². The normalized spacial score (nSPS) is 23.4. The first-order valence-corrected chi connectivity index (χ1v) is 8.11. The van der Waals surface area contributed by atoms with Crippen molar-refractivity contribution >= 4 is 0 Å². The maximum atomic E-state index is 2.69. The fourth-order valence-electron chi connectivity index (χ4n) is 3.53. The minimum absolute atomic E-state index is 0.380. The zero-order valence-electron chi connectivity index (χ0n) is 13.1. The predicted molar refractivity (Wildman–Crippen MR) is 89.3 cm³/mol. The SMILES string of the molecule is C[C@H]1CC[C@H](C)N(C(c2ccccc2)c2ccccc2)C1. The Labute approximate surface area is 128 Å². The highest BCUT2D eigenvalue weighted by molar-refractivity contribution is 5.32. The van der Waals surface area contributed by atoms with Gasteiger partial charge in [-0.05, 0) is 36.8 Å². The summed E-state index contributed by atoms with van der Waals surface area (Å²) < 4.78 is 0. The molecule has 2 atom stereocenters. The van der Waals surface area contributed by atoms with Crippen LogP contribution in [0.25, 0.3) is 0 Å². The van der Waals surface area contributed by atoms with Crippen LogP contribution in [0, 0.1) is 5.92 Å². The summed E-state index contributed by atoms with van der Waals surface area (Å²) in [6.07, 6.45) is 2.66. The Balaban J connectivity index is 2.00. The third-order valence-corrected chi connectivity index (χ3v) is 4.73. The minimum atomic E-state index is 0.380. The van der Waals surface area contributed by atoms with Gasteiger partial charge >= 0.3 is 0 Å². The number of piperidine rings is 1. The van der Waals surface area contributed by atoms with E-state index >= 15 is 0 Å². The minimum Gasteiger partial charge on any atom is -0.289 e. The van der Waals surface area contributed by atoms with Crippen LogP contribution in [0.1, 0.15) is 43.9 Å². The van der Waals surface area contributed by atoms with Gasteiger partial charge in [-0.1, -0.05) is 67.6 Å². The maximum Gasteiger partial charge on any atom is 0.0604 e. The highest BCUT2D eigenvalue weighted by Crippen LogP contribution is 2.35. The number of benzene rings is 2. The molecule has 0 bridgehead atoms. The summed E-state index contributed by atoms with van der Waals surface area (Å²) in [6.45, 7) is 5.95. The summed E-state index contributed by atoms with van der Waals surface area (Å²) in [7, 11) is 0. The van der Waals surface area contributed by atoms with Crippen LogP contribution in [0.2, 0.25) is 0 Å². The zero-order valence-corrected chi connectivity index (χ0v) is 13.1. The topological polar surface area (TPSA) is 3.24 Å². The summed E-state index contributed by atoms with van der Waals surface area (Å²) in [5, 5.41) is 0. The fraction of sp³-hybridized carbons (Fsp3) is 0.400. The first-order chi connectivity index (χ1) is 10.3. The monoisotopic (exact) mass is 279 g/mol. The van der Waals surface area contributed by atoms with E-state index in [0.717, 1.165) is 5.92 Å². The van der Waals surface area contributed by atoms with Gasteiger partial charge in [0.1, 0.15) is 0 Å². The number of hydrogen-bond donors (Lipinski definition) is 0. The van der Waals surface area contributed by atoms with Crippen LogP contribution < -0.4 is 0 Å². The molecule has 3 rings (SSSR count). The Hall–Kier alpha value is -1.60. The van der Waals surface area contributed by atoms with Gasteiger partial charge in [0.25, 0.3) is 0 Å². The van der Waals surface area contributed by atoms with Crippen LogP contribution in [0.15, 0.2) is 60.7 Å². The molecule has 110 valence electrons. The molecule has 0 N–H and O–H groups in total. The molecule has 0 spiro atoms. The van der Waals surface area contributed by atoms with E-state index in [4.69, 9.17) is 0 Å². The van der Waals surface area contributed by atoms with Crippen molar-refractivity contribution in [2.24, 2.45) is 5.92 Å². The number of hydrogen-bond acceptors (Lipinski definition) is 1. The molecule has 0 radical (unpaired) electrons. The second-order valence-corrected chi connectivity index (χ2v) is 6.45. The van der Waals surface area contributed by atoms with Crippen molar-refractivity contribution < 1.29 is 0 Å². The molecule has 0 amide bonds. The summed E-state index contributed by atoms with van der Waals surface area (Å²) in [5.74, 6) is 0.788. The van der Waals surface area contributed by atoms with E-state index in [0.29, 0.717) is 12.1 Å². The Morgan fingerprint density at radius 2 is 1.33 bits per heavy atom. The van der Waals surface area contributed by atoms with E-state index in [-0.39, 0.29) is 0 Å². The Morgan fingerprint density at radius 3 is 1.86 bits per heavy atom. The summed E-state index contributed by atoms with van der Waals surface area (Å²) >= 11 is 0. The standard InChI is InChI=1S/C20H25N/c1-16-13-14-17(2)21(15-16)20(18-9-5-3-6-10-18)19-11-7-4-8-12-19/h3-12,16-17,20H,13-15H2,1-2H3/t16-,17-/m0/s1. The molecule has 21 heavy (non-hydrogen) atoms. The molecule has 2 aromatic rings. The Bertz CT molecular complexity index is 509. The molecule has 1 nitrogen and oxygen atoms in total. The predicted octanol–water partition coefficient (Wildman–Crippen LogP) is 4.90. The van der Waals surface area contributed by atoms with Crippen LogP contribution in [0.5, 0.6) is 0 Å². The molecule has 0 saturated carbocycles. The van der Waals surface area contributed by atoms with E-state index in [1.165, 1.54) is 30.5 Å². The summed E-state index contributed by atoms with van der Waals surface area (Å²) in [6, 6.07) is 22.9. The van der Waals surface area contributed by atoms with Crippen molar-refractivity contribution in [3.05, 3.63) is 71.8 Å². The molecule has 0 unspecified atom stereocenters. The molecule has 1 fully saturated rings. The lowest BCUT2D eigenvalue weighted by molar-refractivity contribution is 0.0934. The molecule has 1 saturated heterocycles. The molecule has 1 aliphatic rings. The first kappa shape index (κ1) is 14.3. The van der Waals surface area contributed by atoms with Crippen molar-refractivity contribution in [2.75, 3.05) is 6.54 Å². The van der Waals surface area contributed by atoms with Gasteiger partial charge in [0.2, 0.25) is 0 Å². The van der Waals surface area contributed by atoms with Crippen molar-refractivity contribution in [1.29, 1.82) is 0 Å². The van der Waals surface area contributed by atoms with Gasteiger partial charge in [-0.2, -0.15) is 0 Å². The molecule has 1 heteroatoms. The molecule has 1 heterocycles. The molecular formula is C20H25N. The third kappa shape index (κ3) is 3.19. The van der Waals surface area contributed by atoms with Crippen molar-refractivity contribution in [3.63, 3.8) is 0 Å². The van der Waals surface area contributed by atoms with Gasteiger partial charge in [0, 0.05) is 12.6 Å². The average Bonchev–Trinajstić information content (AvgIpc) is 2.53. The number of nitrogens with zero attached hydrogens (tertiary/aromatic N) is 1. The van der Waals surface area contributed by atoms with Gasteiger partial charge in [0.05, 0.1) is 6.04 Å². The van der Waals surface area contributed by atoms with Crippen LogP contribution in [-0.2, 0) is 0 Å². The molecule has 0 aromatic heterocycles. The van der Waals surface area contributed by atoms with Gasteiger partial charge in [-0.3, -0.25) is 4.90 Å². The van der Waals surface area contributed by atoms with Gasteiger partial charge in [-0.25, -0.2) is 0 Å². The van der Waals surface area contributed by atoms with Crippen LogP contribution in [0.3, 0.4) is 0 Å². The van der Waals surface area contributed by atoms with Gasteiger partial charge < -0.3 is 0 Å². The fourth-order valence-corrected chi connectivity index (χ4v) is 3.53. The van der Waals surface area contributed by atoms with E-state index in [1.54, 1.807) is 0 Å². The second kappa shape index (κ2) is 6.44. The second-order valence-electron chi connectivity index (χ2n) is 6.45. The lowest BCUT2D eigenvalue weighted by Crippen LogP contribution is -2.43. The first-order valence-electron chi connectivity index (χ1n) is 8.11. The number of rotatable bonds is 3. The zero-order chi connectivity index (χ0) is 14.7. The lowest BCUT2D eigenvalue weighted by Gasteiger charge is -2.42. The summed E-state index contributed by atoms with van der Waals surface area (Å²) in [5.41, 5.74) is 2.81. The van der Waals surface area contributed by atoms with E-state index in [2.05, 4.69) is 79.4 Å². The highest BCUT2D eigenvalue weighted by Gasteiger charge is 2.30. The molecule has 1 aliphatic heterocycles. The average molecular weight is 279 g/mol. The summed E-state index contributed by atoms with van der Waals surface area (Å²) in [4.78, 5) is 2.69. The van der Waals surface area contributed by atoms with Crippen LogP contribution in [-0.4, -0.2) is 17.5 Å².